The van der Waals surface area contributed by atoms with E-state index in [1.807, 2.05) is 0 Å². The van der Waals surface area contributed by atoms with E-state index in [-0.39, 0.29) is 18.0 Å². The number of piperidine rings is 1. The zero-order chi connectivity index (χ0) is 17.6. The molecule has 1 aromatic carbocycles. The van der Waals surface area contributed by atoms with Crippen molar-refractivity contribution >= 4 is 29.2 Å². The SMILES string of the molecule is CCOC(=O)C1(C#N)[C@@H]2C(=O)N(c3ccc([N+](=O)[O-])cc3)C(=O)[C@@H]21. The molecule has 0 bridgehead atoms. The number of imide groups is 1. The molecule has 3 atom stereocenters. The Kier molecular flexibility index (Phi) is 3.33. The van der Waals surface area contributed by atoms with Gasteiger partial charge in [0.15, 0.2) is 5.41 Å². The highest BCUT2D eigenvalue weighted by atomic mass is 16.6. The largest absolute Gasteiger partial charge is 0.465 e. The summed E-state index contributed by atoms with van der Waals surface area (Å²) >= 11 is 0. The summed E-state index contributed by atoms with van der Waals surface area (Å²) in [6.07, 6.45) is 0. The van der Waals surface area contributed by atoms with Crippen LogP contribution in [0.15, 0.2) is 24.3 Å². The first kappa shape index (κ1) is 15.6. The Bertz CT molecular complexity index is 787. The van der Waals surface area contributed by atoms with Crippen molar-refractivity contribution in [1.29, 1.82) is 5.26 Å². The van der Waals surface area contributed by atoms with Gasteiger partial charge in [-0.25, -0.2) is 4.90 Å². The Hall–Kier alpha value is -3.28. The van der Waals surface area contributed by atoms with Gasteiger partial charge in [0.05, 0.1) is 35.1 Å². The van der Waals surface area contributed by atoms with E-state index in [0.717, 1.165) is 4.90 Å². The summed E-state index contributed by atoms with van der Waals surface area (Å²) in [5.41, 5.74) is -1.76. The summed E-state index contributed by atoms with van der Waals surface area (Å²) in [7, 11) is 0. The Labute approximate surface area is 135 Å². The molecule has 1 aromatic rings. The fourth-order valence-electron chi connectivity index (χ4n) is 3.12. The minimum Gasteiger partial charge on any atom is -0.465 e. The number of non-ortho nitro benzene ring substituents is 1. The van der Waals surface area contributed by atoms with Crippen LogP contribution in [0.5, 0.6) is 0 Å². The molecular formula is C15H11N3O6. The summed E-state index contributed by atoms with van der Waals surface area (Å²) in [6, 6.07) is 6.65. The number of amides is 2. The standard InChI is InChI=1S/C15H11N3O6/c1-2-24-14(21)15(7-16)10-11(15)13(20)17(12(10)19)8-3-5-9(6-4-8)18(22)23/h3-6,10-11H,2H2,1H3/t10-,11+,15?. The molecule has 2 amide bonds. The number of fused-ring (bicyclic) bond motifs is 1. The van der Waals surface area contributed by atoms with Gasteiger partial charge in [-0.15, -0.1) is 0 Å². The molecule has 3 rings (SSSR count). The van der Waals surface area contributed by atoms with Gasteiger partial charge in [0, 0.05) is 12.1 Å². The van der Waals surface area contributed by atoms with Crippen molar-refractivity contribution in [3.05, 3.63) is 34.4 Å². The molecule has 1 heterocycles. The minimum absolute atomic E-state index is 0.0378. The van der Waals surface area contributed by atoms with E-state index in [9.17, 15) is 29.8 Å². The Balaban J connectivity index is 1.89. The summed E-state index contributed by atoms with van der Waals surface area (Å²) in [5.74, 6) is -4.34. The summed E-state index contributed by atoms with van der Waals surface area (Å²) in [5, 5.41) is 20.0. The van der Waals surface area contributed by atoms with Gasteiger partial charge >= 0.3 is 5.97 Å². The fraction of sp³-hybridized carbons (Fsp3) is 0.333. The molecule has 9 nitrogen and oxygen atoms in total. The lowest BCUT2D eigenvalue weighted by Crippen LogP contribution is -2.40. The molecule has 122 valence electrons. The van der Waals surface area contributed by atoms with Gasteiger partial charge in [-0.05, 0) is 19.1 Å². The van der Waals surface area contributed by atoms with Crippen molar-refractivity contribution in [3.63, 3.8) is 0 Å². The smallest absolute Gasteiger partial charge is 0.328 e. The Morgan fingerprint density at radius 1 is 1.33 bits per heavy atom. The molecule has 2 aliphatic rings. The number of nitro benzene ring substituents is 1. The van der Waals surface area contributed by atoms with E-state index in [4.69, 9.17) is 4.74 Å². The highest BCUT2D eigenvalue weighted by molar-refractivity contribution is 6.29. The zero-order valence-corrected chi connectivity index (χ0v) is 12.5. The number of carbonyl (C=O) groups is 3. The molecule has 9 heteroatoms. The summed E-state index contributed by atoms with van der Waals surface area (Å²) in [6.45, 7) is 1.60. The molecule has 0 N–H and O–H groups in total. The molecule has 24 heavy (non-hydrogen) atoms. The summed E-state index contributed by atoms with van der Waals surface area (Å²) < 4.78 is 4.82. The topological polar surface area (TPSA) is 131 Å². The first-order chi connectivity index (χ1) is 11.4. The molecule has 0 aromatic heterocycles. The van der Waals surface area contributed by atoms with Gasteiger partial charge in [-0.1, -0.05) is 0 Å². The van der Waals surface area contributed by atoms with Crippen molar-refractivity contribution in [2.45, 2.75) is 6.92 Å². The second-order valence-corrected chi connectivity index (χ2v) is 5.44. The van der Waals surface area contributed by atoms with Crippen LogP contribution in [0.1, 0.15) is 6.92 Å². The molecular weight excluding hydrogens is 318 g/mol. The van der Waals surface area contributed by atoms with Crippen molar-refractivity contribution in [2.24, 2.45) is 17.3 Å². The second-order valence-electron chi connectivity index (χ2n) is 5.44. The van der Waals surface area contributed by atoms with Gasteiger partial charge in [0.25, 0.3) is 5.69 Å². The number of anilines is 1. The molecule has 0 spiro atoms. The number of ether oxygens (including phenoxy) is 1. The third kappa shape index (κ3) is 1.83. The van der Waals surface area contributed by atoms with E-state index in [0.29, 0.717) is 0 Å². The fourth-order valence-corrected chi connectivity index (χ4v) is 3.12. The minimum atomic E-state index is -1.75. The van der Waals surface area contributed by atoms with Crippen LogP contribution >= 0.6 is 0 Å². The number of esters is 1. The number of hydrogen-bond donors (Lipinski definition) is 0. The maximum atomic E-state index is 12.5. The Morgan fingerprint density at radius 2 is 1.88 bits per heavy atom. The van der Waals surface area contributed by atoms with Gasteiger partial charge < -0.3 is 4.74 Å². The van der Waals surface area contributed by atoms with Crippen LogP contribution in [0, 0.1) is 38.7 Å². The van der Waals surface area contributed by atoms with Crippen LogP contribution in [0.4, 0.5) is 11.4 Å². The van der Waals surface area contributed by atoms with Gasteiger partial charge in [-0.2, -0.15) is 5.26 Å². The maximum absolute atomic E-state index is 12.5. The number of hydrogen-bond acceptors (Lipinski definition) is 7. The number of nitriles is 1. The van der Waals surface area contributed by atoms with Crippen molar-refractivity contribution in [1.82, 2.24) is 0 Å². The average Bonchev–Trinajstić information content (AvgIpc) is 3.18. The second kappa shape index (κ2) is 5.13. The van der Waals surface area contributed by atoms with Crippen molar-refractivity contribution in [3.8, 4) is 6.07 Å². The van der Waals surface area contributed by atoms with Crippen LogP contribution in [0.3, 0.4) is 0 Å². The number of rotatable bonds is 4. The van der Waals surface area contributed by atoms with Crippen LogP contribution in [0.2, 0.25) is 0 Å². The zero-order valence-electron chi connectivity index (χ0n) is 12.5. The van der Waals surface area contributed by atoms with E-state index in [1.165, 1.54) is 24.3 Å². The van der Waals surface area contributed by atoms with Crippen molar-refractivity contribution < 1.29 is 24.0 Å². The van der Waals surface area contributed by atoms with Gasteiger partial charge in [-0.3, -0.25) is 24.5 Å². The van der Waals surface area contributed by atoms with E-state index in [2.05, 4.69) is 0 Å². The van der Waals surface area contributed by atoms with Crippen molar-refractivity contribution in [2.75, 3.05) is 11.5 Å². The van der Waals surface area contributed by atoms with Gasteiger partial charge in [0.1, 0.15) is 0 Å². The Morgan fingerprint density at radius 3 is 2.29 bits per heavy atom. The highest BCUT2D eigenvalue weighted by Crippen LogP contribution is 2.64. The number of carbonyl (C=O) groups excluding carboxylic acids is 3. The quantitative estimate of drug-likeness (QED) is 0.345. The van der Waals surface area contributed by atoms with E-state index in [1.54, 1.807) is 13.0 Å². The number of nitro groups is 1. The first-order valence-corrected chi connectivity index (χ1v) is 7.10. The molecule has 0 radical (unpaired) electrons. The van der Waals surface area contributed by atoms with Gasteiger partial charge in [0.2, 0.25) is 11.8 Å². The lowest BCUT2D eigenvalue weighted by atomic mass is 10.0. The monoisotopic (exact) mass is 329 g/mol. The van der Waals surface area contributed by atoms with E-state index < -0.39 is 40.0 Å². The molecule has 2 fully saturated rings. The predicted molar refractivity (Wildman–Crippen MR) is 77.2 cm³/mol. The van der Waals surface area contributed by atoms with E-state index >= 15 is 0 Å². The molecule has 1 aliphatic heterocycles. The first-order valence-electron chi connectivity index (χ1n) is 7.10. The molecule has 1 unspecified atom stereocenters. The van der Waals surface area contributed by atoms with Crippen LogP contribution in [-0.2, 0) is 19.1 Å². The van der Waals surface area contributed by atoms with Crippen LogP contribution in [0.25, 0.3) is 0 Å². The lowest BCUT2D eigenvalue weighted by Gasteiger charge is -2.20. The van der Waals surface area contributed by atoms with Crippen LogP contribution < -0.4 is 4.90 Å². The maximum Gasteiger partial charge on any atom is 0.328 e. The number of benzene rings is 1. The normalized spacial score (nSPS) is 27.4. The molecule has 1 saturated carbocycles. The predicted octanol–water partition coefficient (Wildman–Crippen LogP) is 0.787. The molecule has 1 aliphatic carbocycles. The lowest BCUT2D eigenvalue weighted by molar-refractivity contribution is -0.384. The summed E-state index contributed by atoms with van der Waals surface area (Å²) in [4.78, 5) is 47.8. The molecule has 1 saturated heterocycles. The highest BCUT2D eigenvalue weighted by Gasteiger charge is 2.83. The van der Waals surface area contributed by atoms with Crippen LogP contribution in [-0.4, -0.2) is 29.3 Å². The third-order valence-corrected chi connectivity index (χ3v) is 4.30. The number of nitrogens with zero attached hydrogens (tertiary/aromatic N) is 3. The average molecular weight is 329 g/mol. The third-order valence-electron chi connectivity index (χ3n) is 4.30.